The Kier molecular flexibility index (Phi) is 5.30. The Balaban J connectivity index is 2.89. The van der Waals surface area contributed by atoms with E-state index in [-0.39, 0.29) is 22.8 Å². The van der Waals surface area contributed by atoms with Crippen LogP contribution in [-0.2, 0) is 10.3 Å². The van der Waals surface area contributed by atoms with E-state index in [1.54, 1.807) is 23.9 Å². The van der Waals surface area contributed by atoms with Crippen molar-refractivity contribution in [1.29, 1.82) is 0 Å². The van der Waals surface area contributed by atoms with Gasteiger partial charge >= 0.3 is 0 Å². The molecule has 1 heterocycles. The van der Waals surface area contributed by atoms with Crippen molar-refractivity contribution in [3.8, 4) is 0 Å². The van der Waals surface area contributed by atoms with Gasteiger partial charge < -0.3 is 15.2 Å². The fourth-order valence-corrected chi connectivity index (χ4v) is 1.71. The summed E-state index contributed by atoms with van der Waals surface area (Å²) in [4.78, 5) is 28.1. The predicted molar refractivity (Wildman–Crippen MR) is 79.9 cm³/mol. The Morgan fingerprint density at radius 3 is 2.65 bits per heavy atom. The van der Waals surface area contributed by atoms with Gasteiger partial charge in [0.1, 0.15) is 6.04 Å². The maximum Gasteiger partial charge on any atom is 0.293 e. The lowest BCUT2D eigenvalue weighted by Crippen LogP contribution is -2.41. The smallest absolute Gasteiger partial charge is 0.293 e. The average Bonchev–Trinajstić information content (AvgIpc) is 2.36. The summed E-state index contributed by atoms with van der Waals surface area (Å²) in [7, 11) is 0. The Morgan fingerprint density at radius 2 is 2.10 bits per heavy atom. The molecule has 112 valence electrons. The zero-order chi connectivity index (χ0) is 15.3. The van der Waals surface area contributed by atoms with Gasteiger partial charge in [-0.3, -0.25) is 9.59 Å². The van der Waals surface area contributed by atoms with Crippen LogP contribution in [0.2, 0.25) is 0 Å². The van der Waals surface area contributed by atoms with Gasteiger partial charge in [0.25, 0.3) is 5.56 Å². The molecule has 0 aliphatic heterocycles. The van der Waals surface area contributed by atoms with Crippen LogP contribution in [-0.4, -0.2) is 28.0 Å². The normalized spacial score (nSPS) is 12.8. The number of amides is 1. The maximum absolute atomic E-state index is 12.3. The lowest BCUT2D eigenvalue weighted by molar-refractivity contribution is -0.121. The third-order valence-electron chi connectivity index (χ3n) is 2.86. The SMILES string of the molecule is CCCNC(=O)C(C)Nc1nccn(C(C)(C)C)c1=O. The maximum atomic E-state index is 12.3. The first-order valence-corrected chi connectivity index (χ1v) is 6.89. The van der Waals surface area contributed by atoms with Crippen molar-refractivity contribution in [2.75, 3.05) is 11.9 Å². The molecule has 0 bridgehead atoms. The van der Waals surface area contributed by atoms with Crippen molar-refractivity contribution in [2.45, 2.75) is 52.6 Å². The third kappa shape index (κ3) is 4.08. The fourth-order valence-electron chi connectivity index (χ4n) is 1.71. The van der Waals surface area contributed by atoms with Crippen LogP contribution in [0, 0.1) is 0 Å². The number of aromatic nitrogens is 2. The number of nitrogens with zero attached hydrogens (tertiary/aromatic N) is 2. The highest BCUT2D eigenvalue weighted by Gasteiger charge is 2.19. The van der Waals surface area contributed by atoms with Gasteiger partial charge in [0.05, 0.1) is 0 Å². The van der Waals surface area contributed by atoms with E-state index in [2.05, 4.69) is 15.6 Å². The minimum atomic E-state index is -0.502. The van der Waals surface area contributed by atoms with Crippen molar-refractivity contribution in [3.63, 3.8) is 0 Å². The van der Waals surface area contributed by atoms with Crippen LogP contribution >= 0.6 is 0 Å². The number of rotatable bonds is 5. The Hall–Kier alpha value is -1.85. The van der Waals surface area contributed by atoms with Gasteiger partial charge in [0.2, 0.25) is 5.91 Å². The van der Waals surface area contributed by atoms with Crippen LogP contribution in [0.25, 0.3) is 0 Å². The molecule has 1 rings (SSSR count). The molecule has 0 saturated heterocycles. The molecule has 0 radical (unpaired) electrons. The highest BCUT2D eigenvalue weighted by atomic mass is 16.2. The molecule has 0 aliphatic rings. The second-order valence-electron chi connectivity index (χ2n) is 5.78. The number of carbonyl (C=O) groups excluding carboxylic acids is 1. The van der Waals surface area contributed by atoms with Crippen LogP contribution in [0.1, 0.15) is 41.0 Å². The number of nitrogens with one attached hydrogen (secondary N) is 2. The molecular formula is C14H24N4O2. The first-order valence-electron chi connectivity index (χ1n) is 6.89. The summed E-state index contributed by atoms with van der Waals surface area (Å²) < 4.78 is 1.60. The van der Waals surface area contributed by atoms with E-state index in [1.807, 2.05) is 27.7 Å². The summed E-state index contributed by atoms with van der Waals surface area (Å²) in [5.74, 6) is 0.0563. The van der Waals surface area contributed by atoms with Crippen molar-refractivity contribution >= 4 is 11.7 Å². The standard InChI is InChI=1S/C14H24N4O2/c1-6-7-16-12(19)10(2)17-11-13(20)18(9-8-15-11)14(3,4)5/h8-10H,6-7H2,1-5H3,(H,15,17)(H,16,19). The van der Waals surface area contributed by atoms with Gasteiger partial charge in [-0.15, -0.1) is 0 Å². The fraction of sp³-hybridized carbons (Fsp3) is 0.643. The van der Waals surface area contributed by atoms with Gasteiger partial charge in [0.15, 0.2) is 5.82 Å². The molecule has 1 aromatic rings. The molecule has 1 amide bonds. The monoisotopic (exact) mass is 280 g/mol. The topological polar surface area (TPSA) is 76.0 Å². The number of anilines is 1. The molecule has 2 N–H and O–H groups in total. The van der Waals surface area contributed by atoms with Crippen molar-refractivity contribution in [2.24, 2.45) is 0 Å². The molecule has 20 heavy (non-hydrogen) atoms. The molecule has 6 nitrogen and oxygen atoms in total. The van der Waals surface area contributed by atoms with E-state index in [0.717, 1.165) is 6.42 Å². The third-order valence-corrected chi connectivity index (χ3v) is 2.86. The van der Waals surface area contributed by atoms with Gasteiger partial charge in [-0.25, -0.2) is 4.98 Å². The zero-order valence-electron chi connectivity index (χ0n) is 12.9. The summed E-state index contributed by atoms with van der Waals surface area (Å²) in [6.07, 6.45) is 4.08. The Morgan fingerprint density at radius 1 is 1.45 bits per heavy atom. The summed E-state index contributed by atoms with van der Waals surface area (Å²) in [6, 6.07) is -0.502. The lowest BCUT2D eigenvalue weighted by Gasteiger charge is -2.23. The van der Waals surface area contributed by atoms with Crippen LogP contribution in [0.4, 0.5) is 5.82 Å². The van der Waals surface area contributed by atoms with Crippen LogP contribution in [0.5, 0.6) is 0 Å². The predicted octanol–water partition coefficient (Wildman–Crippen LogP) is 1.32. The van der Waals surface area contributed by atoms with E-state index in [4.69, 9.17) is 0 Å². The Bertz CT molecular complexity index is 517. The minimum absolute atomic E-state index is 0.140. The van der Waals surface area contributed by atoms with Crippen LogP contribution < -0.4 is 16.2 Å². The second-order valence-corrected chi connectivity index (χ2v) is 5.78. The highest BCUT2D eigenvalue weighted by Crippen LogP contribution is 2.11. The van der Waals surface area contributed by atoms with Gasteiger partial charge in [-0.2, -0.15) is 0 Å². The molecule has 0 saturated carbocycles. The van der Waals surface area contributed by atoms with Gasteiger partial charge in [-0.1, -0.05) is 6.92 Å². The lowest BCUT2D eigenvalue weighted by atomic mass is 10.1. The van der Waals surface area contributed by atoms with Crippen molar-refractivity contribution in [1.82, 2.24) is 14.9 Å². The van der Waals surface area contributed by atoms with E-state index < -0.39 is 6.04 Å². The molecular weight excluding hydrogens is 256 g/mol. The van der Waals surface area contributed by atoms with Gasteiger partial charge in [-0.05, 0) is 34.1 Å². The summed E-state index contributed by atoms with van der Waals surface area (Å²) in [5, 5.41) is 5.65. The first kappa shape index (κ1) is 16.2. The summed E-state index contributed by atoms with van der Waals surface area (Å²) in [5.41, 5.74) is -0.556. The Labute approximate surface area is 119 Å². The van der Waals surface area contributed by atoms with E-state index in [9.17, 15) is 9.59 Å². The van der Waals surface area contributed by atoms with Gasteiger partial charge in [0, 0.05) is 24.5 Å². The highest BCUT2D eigenvalue weighted by molar-refractivity contribution is 5.83. The summed E-state index contributed by atoms with van der Waals surface area (Å²) in [6.45, 7) is 10.1. The molecule has 0 aromatic carbocycles. The molecule has 0 aliphatic carbocycles. The van der Waals surface area contributed by atoms with E-state index >= 15 is 0 Å². The molecule has 0 fully saturated rings. The van der Waals surface area contributed by atoms with Crippen molar-refractivity contribution in [3.05, 3.63) is 22.7 Å². The zero-order valence-corrected chi connectivity index (χ0v) is 12.9. The second kappa shape index (κ2) is 6.54. The molecule has 1 aromatic heterocycles. The number of carbonyl (C=O) groups is 1. The number of hydrogen-bond donors (Lipinski definition) is 2. The molecule has 6 heteroatoms. The summed E-state index contributed by atoms with van der Waals surface area (Å²) >= 11 is 0. The molecule has 1 unspecified atom stereocenters. The quantitative estimate of drug-likeness (QED) is 0.853. The average molecular weight is 280 g/mol. The first-order chi connectivity index (χ1) is 9.27. The minimum Gasteiger partial charge on any atom is -0.354 e. The molecule has 1 atom stereocenters. The molecule has 0 spiro atoms. The van der Waals surface area contributed by atoms with Crippen LogP contribution in [0.3, 0.4) is 0 Å². The van der Waals surface area contributed by atoms with E-state index in [0.29, 0.717) is 6.54 Å². The van der Waals surface area contributed by atoms with E-state index in [1.165, 1.54) is 0 Å². The van der Waals surface area contributed by atoms with Crippen molar-refractivity contribution < 1.29 is 4.79 Å². The largest absolute Gasteiger partial charge is 0.354 e. The number of hydrogen-bond acceptors (Lipinski definition) is 4. The van der Waals surface area contributed by atoms with Crippen LogP contribution in [0.15, 0.2) is 17.2 Å².